The lowest BCUT2D eigenvalue weighted by Gasteiger charge is -2.12. The number of benzene rings is 1. The van der Waals surface area contributed by atoms with E-state index in [4.69, 9.17) is 0 Å². The van der Waals surface area contributed by atoms with Gasteiger partial charge in [0.1, 0.15) is 11.6 Å². The number of aromatic nitrogens is 2. The van der Waals surface area contributed by atoms with Crippen molar-refractivity contribution >= 4 is 5.96 Å². The van der Waals surface area contributed by atoms with E-state index in [-0.39, 0.29) is 12.1 Å². The third-order valence-electron chi connectivity index (χ3n) is 3.37. The maximum atomic E-state index is 13.5. The zero-order valence-electron chi connectivity index (χ0n) is 13.3. The summed E-state index contributed by atoms with van der Waals surface area (Å²) in [5.74, 6) is -0.339. The molecule has 0 amide bonds. The number of rotatable bonds is 6. The summed E-state index contributed by atoms with van der Waals surface area (Å²) in [6, 6.07) is 3.40. The molecule has 0 radical (unpaired) electrons. The highest BCUT2D eigenvalue weighted by Crippen LogP contribution is 2.09. The lowest BCUT2D eigenvalue weighted by Crippen LogP contribution is -2.37. The van der Waals surface area contributed by atoms with E-state index in [1.54, 1.807) is 11.7 Å². The number of nitrogens with one attached hydrogen (secondary N) is 2. The van der Waals surface area contributed by atoms with Crippen molar-refractivity contribution in [3.8, 4) is 0 Å². The average molecular weight is 321 g/mol. The number of halogens is 2. The van der Waals surface area contributed by atoms with Gasteiger partial charge in [-0.15, -0.1) is 0 Å². The lowest BCUT2D eigenvalue weighted by molar-refractivity contribution is 0.581. The van der Waals surface area contributed by atoms with E-state index in [2.05, 4.69) is 20.7 Å². The molecule has 23 heavy (non-hydrogen) atoms. The molecule has 0 aliphatic carbocycles. The van der Waals surface area contributed by atoms with Gasteiger partial charge in [-0.3, -0.25) is 9.67 Å². The standard InChI is InChI=1S/C16H21F2N5/c1-19-16(20-7-3-4-12-9-22-23(2)11-12)21-10-13-8-14(17)5-6-15(13)18/h5-6,8-9,11H,3-4,7,10H2,1-2H3,(H2,19,20,21). The second-order valence-electron chi connectivity index (χ2n) is 5.21. The maximum absolute atomic E-state index is 13.5. The van der Waals surface area contributed by atoms with Gasteiger partial charge in [0, 0.05) is 38.9 Å². The number of nitrogens with zero attached hydrogens (tertiary/aromatic N) is 3. The zero-order chi connectivity index (χ0) is 16.7. The summed E-state index contributed by atoms with van der Waals surface area (Å²) < 4.78 is 28.4. The molecule has 1 aromatic carbocycles. The second kappa shape index (κ2) is 8.26. The molecule has 2 rings (SSSR count). The van der Waals surface area contributed by atoms with Crippen LogP contribution in [0.25, 0.3) is 0 Å². The highest BCUT2D eigenvalue weighted by Gasteiger charge is 2.05. The van der Waals surface area contributed by atoms with Gasteiger partial charge in [-0.05, 0) is 36.6 Å². The van der Waals surface area contributed by atoms with E-state index in [1.807, 2.05) is 19.4 Å². The van der Waals surface area contributed by atoms with Crippen LogP contribution < -0.4 is 10.6 Å². The number of hydrogen-bond donors (Lipinski definition) is 2. The van der Waals surface area contributed by atoms with Crippen LogP contribution in [0.2, 0.25) is 0 Å². The molecule has 0 bridgehead atoms. The zero-order valence-corrected chi connectivity index (χ0v) is 13.3. The van der Waals surface area contributed by atoms with Crippen molar-refractivity contribution in [3.05, 3.63) is 53.4 Å². The Morgan fingerprint density at radius 3 is 2.83 bits per heavy atom. The van der Waals surface area contributed by atoms with Crippen molar-refractivity contribution in [1.29, 1.82) is 0 Å². The minimum atomic E-state index is -0.456. The smallest absolute Gasteiger partial charge is 0.191 e. The predicted molar refractivity (Wildman–Crippen MR) is 86.1 cm³/mol. The van der Waals surface area contributed by atoms with E-state index in [0.717, 1.165) is 31.5 Å². The van der Waals surface area contributed by atoms with Crippen molar-refractivity contribution in [2.24, 2.45) is 12.0 Å². The third-order valence-corrected chi connectivity index (χ3v) is 3.37. The molecule has 2 aromatic rings. The largest absolute Gasteiger partial charge is 0.356 e. The minimum Gasteiger partial charge on any atom is -0.356 e. The van der Waals surface area contributed by atoms with Gasteiger partial charge in [-0.2, -0.15) is 5.10 Å². The fourth-order valence-electron chi connectivity index (χ4n) is 2.18. The molecule has 0 aliphatic heterocycles. The van der Waals surface area contributed by atoms with Gasteiger partial charge in [0.25, 0.3) is 0 Å². The van der Waals surface area contributed by atoms with Crippen LogP contribution in [0.1, 0.15) is 17.5 Å². The summed E-state index contributed by atoms with van der Waals surface area (Å²) in [4.78, 5) is 4.07. The first-order valence-electron chi connectivity index (χ1n) is 7.44. The molecule has 0 saturated carbocycles. The van der Waals surface area contributed by atoms with Crippen molar-refractivity contribution in [3.63, 3.8) is 0 Å². The first kappa shape index (κ1) is 16.9. The van der Waals surface area contributed by atoms with Crippen molar-refractivity contribution in [2.45, 2.75) is 19.4 Å². The molecule has 0 atom stereocenters. The van der Waals surface area contributed by atoms with Crippen molar-refractivity contribution in [2.75, 3.05) is 13.6 Å². The molecule has 1 heterocycles. The number of guanidine groups is 1. The molecule has 0 unspecified atom stereocenters. The highest BCUT2D eigenvalue weighted by molar-refractivity contribution is 5.79. The number of aryl methyl sites for hydroxylation is 2. The van der Waals surface area contributed by atoms with Crippen LogP contribution in [-0.2, 0) is 20.0 Å². The van der Waals surface area contributed by atoms with E-state index in [0.29, 0.717) is 5.96 Å². The van der Waals surface area contributed by atoms with Crippen molar-refractivity contribution in [1.82, 2.24) is 20.4 Å². The Hall–Kier alpha value is -2.44. The molecular formula is C16H21F2N5. The van der Waals surface area contributed by atoms with E-state index in [9.17, 15) is 8.78 Å². The van der Waals surface area contributed by atoms with Gasteiger partial charge in [-0.25, -0.2) is 8.78 Å². The maximum Gasteiger partial charge on any atom is 0.191 e. The topological polar surface area (TPSA) is 54.2 Å². The van der Waals surface area contributed by atoms with Gasteiger partial charge in [0.2, 0.25) is 0 Å². The predicted octanol–water partition coefficient (Wildman–Crippen LogP) is 2.00. The molecule has 7 heteroatoms. The van der Waals surface area contributed by atoms with Crippen LogP contribution in [0.5, 0.6) is 0 Å². The molecular weight excluding hydrogens is 300 g/mol. The summed E-state index contributed by atoms with van der Waals surface area (Å²) in [6.07, 6.45) is 5.66. The summed E-state index contributed by atoms with van der Waals surface area (Å²) in [6.45, 7) is 0.895. The Morgan fingerprint density at radius 1 is 1.30 bits per heavy atom. The molecule has 0 spiro atoms. The number of aliphatic imine (C=N–C) groups is 1. The molecule has 0 fully saturated rings. The highest BCUT2D eigenvalue weighted by atomic mass is 19.1. The van der Waals surface area contributed by atoms with Crippen molar-refractivity contribution < 1.29 is 8.78 Å². The third kappa shape index (κ3) is 5.36. The van der Waals surface area contributed by atoms with Crippen LogP contribution in [0, 0.1) is 11.6 Å². The Bertz CT molecular complexity index is 666. The summed E-state index contributed by atoms with van der Waals surface area (Å²) >= 11 is 0. The quantitative estimate of drug-likeness (QED) is 0.486. The summed E-state index contributed by atoms with van der Waals surface area (Å²) in [5.41, 5.74) is 1.45. The van der Waals surface area contributed by atoms with Crippen LogP contribution in [0.15, 0.2) is 35.6 Å². The Kier molecular flexibility index (Phi) is 6.08. The van der Waals surface area contributed by atoms with Gasteiger partial charge in [0.05, 0.1) is 6.20 Å². The SMILES string of the molecule is CN=C(NCCCc1cnn(C)c1)NCc1cc(F)ccc1F. The monoisotopic (exact) mass is 321 g/mol. The normalized spacial score (nSPS) is 11.6. The minimum absolute atomic E-state index is 0.172. The Morgan fingerprint density at radius 2 is 2.13 bits per heavy atom. The summed E-state index contributed by atoms with van der Waals surface area (Å²) in [7, 11) is 3.53. The van der Waals surface area contributed by atoms with E-state index < -0.39 is 11.6 Å². The van der Waals surface area contributed by atoms with Gasteiger partial charge < -0.3 is 10.6 Å². The molecule has 5 nitrogen and oxygen atoms in total. The van der Waals surface area contributed by atoms with E-state index in [1.165, 1.54) is 11.6 Å². The number of hydrogen-bond acceptors (Lipinski definition) is 2. The van der Waals surface area contributed by atoms with Gasteiger partial charge in [0.15, 0.2) is 5.96 Å². The van der Waals surface area contributed by atoms with Crippen LogP contribution in [0.4, 0.5) is 8.78 Å². The first-order valence-corrected chi connectivity index (χ1v) is 7.44. The van der Waals surface area contributed by atoms with Gasteiger partial charge >= 0.3 is 0 Å². The van der Waals surface area contributed by atoms with Crippen LogP contribution >= 0.6 is 0 Å². The Labute approximate surface area is 134 Å². The first-order chi connectivity index (χ1) is 11.1. The molecule has 124 valence electrons. The Balaban J connectivity index is 1.74. The average Bonchev–Trinajstić information content (AvgIpc) is 2.95. The van der Waals surface area contributed by atoms with Crippen LogP contribution in [-0.4, -0.2) is 29.3 Å². The lowest BCUT2D eigenvalue weighted by atomic mass is 10.2. The molecule has 2 N–H and O–H groups in total. The molecule has 0 saturated heterocycles. The molecule has 0 aliphatic rings. The fourth-order valence-corrected chi connectivity index (χ4v) is 2.18. The summed E-state index contributed by atoms with van der Waals surface area (Å²) in [5, 5.41) is 10.2. The van der Waals surface area contributed by atoms with Crippen LogP contribution in [0.3, 0.4) is 0 Å². The second-order valence-corrected chi connectivity index (χ2v) is 5.21. The van der Waals surface area contributed by atoms with E-state index >= 15 is 0 Å². The molecule has 1 aromatic heterocycles. The van der Waals surface area contributed by atoms with Gasteiger partial charge in [-0.1, -0.05) is 0 Å². The fraction of sp³-hybridized carbons (Fsp3) is 0.375.